The zero-order valence-electron chi connectivity index (χ0n) is 18.9. The van der Waals surface area contributed by atoms with Crippen LogP contribution in [0.4, 0.5) is 4.79 Å². The molecule has 0 aliphatic heterocycles. The van der Waals surface area contributed by atoms with Crippen LogP contribution in [-0.4, -0.2) is 40.1 Å². The minimum absolute atomic E-state index is 0. The van der Waals surface area contributed by atoms with Gasteiger partial charge in [-0.25, -0.2) is 17.9 Å². The van der Waals surface area contributed by atoms with E-state index in [2.05, 4.69) is 15.4 Å². The van der Waals surface area contributed by atoms with Crippen molar-refractivity contribution in [3.8, 4) is 5.75 Å². The van der Waals surface area contributed by atoms with E-state index >= 15 is 0 Å². The van der Waals surface area contributed by atoms with Crippen molar-refractivity contribution in [1.29, 1.82) is 0 Å². The number of carbonyl (C=O) groups is 2. The molecule has 1 saturated carbocycles. The third-order valence-corrected chi connectivity index (χ3v) is 7.09. The number of amides is 3. The summed E-state index contributed by atoms with van der Waals surface area (Å²) in [5.74, 6) is 0.105. The summed E-state index contributed by atoms with van der Waals surface area (Å²) in [6.45, 7) is 0.336. The number of hydrogen-bond donors (Lipinski definition) is 3. The van der Waals surface area contributed by atoms with Gasteiger partial charge in [-0.3, -0.25) is 4.79 Å². The van der Waals surface area contributed by atoms with Crippen molar-refractivity contribution in [2.75, 3.05) is 13.7 Å². The van der Waals surface area contributed by atoms with Gasteiger partial charge in [0.05, 0.1) is 17.6 Å². The van der Waals surface area contributed by atoms with Crippen molar-refractivity contribution >= 4 is 33.6 Å². The molecule has 0 spiro atoms. The van der Waals surface area contributed by atoms with E-state index in [0.717, 1.165) is 37.7 Å². The van der Waals surface area contributed by atoms with E-state index in [1.807, 2.05) is 0 Å². The van der Waals surface area contributed by atoms with Crippen LogP contribution in [0.3, 0.4) is 0 Å². The Bertz CT molecular complexity index is 1090. The molecule has 8 nitrogen and oxygen atoms in total. The van der Waals surface area contributed by atoms with Gasteiger partial charge in [0, 0.05) is 59.4 Å². The molecule has 182 valence electrons. The summed E-state index contributed by atoms with van der Waals surface area (Å²) in [7, 11) is -2.49. The fraction of sp³-hybridized carbons (Fsp3) is 0.391. The van der Waals surface area contributed by atoms with E-state index in [4.69, 9.17) is 16.3 Å². The zero-order valence-corrected chi connectivity index (χ0v) is 23.6. The van der Waals surface area contributed by atoms with Crippen molar-refractivity contribution in [3.63, 3.8) is 0 Å². The number of hydrogen-bond acceptors (Lipinski definition) is 5. The first-order valence-corrected chi connectivity index (χ1v) is 12.7. The third-order valence-electron chi connectivity index (χ3n) is 5.51. The largest absolute Gasteiger partial charge is 0.496 e. The summed E-state index contributed by atoms with van der Waals surface area (Å²) in [5, 5.41) is 5.96. The second kappa shape index (κ2) is 13.6. The maximum absolute atomic E-state index is 12.5. The van der Waals surface area contributed by atoms with Gasteiger partial charge in [-0.05, 0) is 55.2 Å². The molecular weight excluding hydrogens is 606 g/mol. The molecule has 2 aromatic carbocycles. The molecule has 3 amide bonds. The van der Waals surface area contributed by atoms with Crippen LogP contribution < -0.4 is 20.1 Å². The van der Waals surface area contributed by atoms with Crippen molar-refractivity contribution in [3.05, 3.63) is 58.6 Å². The minimum Gasteiger partial charge on any atom is -0.496 e. The molecule has 0 radical (unpaired) electrons. The molecule has 0 atom stereocenters. The molecule has 1 fully saturated rings. The predicted molar refractivity (Wildman–Crippen MR) is 126 cm³/mol. The van der Waals surface area contributed by atoms with Gasteiger partial charge < -0.3 is 15.4 Å². The van der Waals surface area contributed by atoms with Crippen molar-refractivity contribution in [2.24, 2.45) is 0 Å². The second-order valence-electron chi connectivity index (χ2n) is 7.91. The fourth-order valence-corrected chi connectivity index (χ4v) is 4.84. The average Bonchev–Trinajstić information content (AvgIpc) is 2.79. The van der Waals surface area contributed by atoms with Crippen LogP contribution >= 0.6 is 11.6 Å². The van der Waals surface area contributed by atoms with Crippen LogP contribution in [0.5, 0.6) is 5.75 Å². The molecule has 0 bridgehead atoms. The maximum Gasteiger partial charge on any atom is 0.328 e. The van der Waals surface area contributed by atoms with Gasteiger partial charge in [0.25, 0.3) is 15.9 Å². The second-order valence-corrected chi connectivity index (χ2v) is 10.0. The molecule has 34 heavy (non-hydrogen) atoms. The van der Waals surface area contributed by atoms with Gasteiger partial charge in [0.1, 0.15) is 5.75 Å². The molecule has 1 aliphatic rings. The van der Waals surface area contributed by atoms with Crippen LogP contribution in [0.1, 0.15) is 48.0 Å². The molecule has 1 aliphatic carbocycles. The number of rotatable bonds is 8. The van der Waals surface area contributed by atoms with E-state index in [1.54, 1.807) is 24.3 Å². The molecular formula is C23H28CeClN3O5S. The molecule has 2 aromatic rings. The monoisotopic (exact) mass is 633 g/mol. The Kier molecular flexibility index (Phi) is 11.6. The Balaban J connectivity index is 0.00000408. The number of carbonyl (C=O) groups excluding carboxylic acids is 2. The first-order valence-electron chi connectivity index (χ1n) is 10.8. The summed E-state index contributed by atoms with van der Waals surface area (Å²) in [6, 6.07) is 10.3. The van der Waals surface area contributed by atoms with E-state index in [-0.39, 0.29) is 58.6 Å². The molecule has 11 heteroatoms. The summed E-state index contributed by atoms with van der Waals surface area (Å²) in [4.78, 5) is 24.5. The van der Waals surface area contributed by atoms with Crippen LogP contribution in [0.2, 0.25) is 5.02 Å². The summed E-state index contributed by atoms with van der Waals surface area (Å²) >= 11 is 5.96. The predicted octanol–water partition coefficient (Wildman–Crippen LogP) is 3.64. The summed E-state index contributed by atoms with van der Waals surface area (Å²) in [5.41, 5.74) is 1.17. The first kappa shape index (κ1) is 28.8. The van der Waals surface area contributed by atoms with E-state index < -0.39 is 16.1 Å². The Morgan fingerprint density at radius 3 is 2.38 bits per heavy atom. The van der Waals surface area contributed by atoms with Gasteiger partial charge >= 0.3 is 6.03 Å². The van der Waals surface area contributed by atoms with Gasteiger partial charge in [-0.15, -0.1) is 0 Å². The number of urea groups is 1. The van der Waals surface area contributed by atoms with E-state index in [9.17, 15) is 18.0 Å². The van der Waals surface area contributed by atoms with Gasteiger partial charge in [0.2, 0.25) is 0 Å². The SMILES string of the molecule is COc1ccc(Cl)cc1C(=O)NCCc1ccc(S(=O)(=O)NC(=O)NC2CCCCC2)cc1.[Ce]. The molecule has 3 N–H and O–H groups in total. The Morgan fingerprint density at radius 1 is 1.06 bits per heavy atom. The maximum atomic E-state index is 12.5. The molecule has 0 aromatic heterocycles. The minimum atomic E-state index is -3.97. The smallest absolute Gasteiger partial charge is 0.328 e. The molecule has 3 rings (SSSR count). The summed E-state index contributed by atoms with van der Waals surface area (Å²) in [6.07, 6.45) is 5.43. The van der Waals surface area contributed by atoms with Gasteiger partial charge in [-0.1, -0.05) is 43.0 Å². The summed E-state index contributed by atoms with van der Waals surface area (Å²) < 4.78 is 32.2. The Morgan fingerprint density at radius 2 is 1.74 bits per heavy atom. The number of halogens is 1. The van der Waals surface area contributed by atoms with Gasteiger partial charge in [-0.2, -0.15) is 0 Å². The van der Waals surface area contributed by atoms with Crippen molar-refractivity contribution in [2.45, 2.75) is 49.5 Å². The standard InChI is InChI=1S/C23H28ClN3O5S.Ce/c1-32-21-12-9-17(24)15-20(21)22(28)25-14-13-16-7-10-19(11-8-16)33(30,31)27-23(29)26-18-5-3-2-4-6-18;/h7-12,15,18H,2-6,13-14H2,1H3,(H,25,28)(H2,26,27,29);. The quantitative estimate of drug-likeness (QED) is 0.411. The normalized spacial score (nSPS) is 13.9. The Hall–Kier alpha value is -1.40. The average molecular weight is 634 g/mol. The number of methoxy groups -OCH3 is 1. The zero-order chi connectivity index (χ0) is 23.8. The van der Waals surface area contributed by atoms with Crippen LogP contribution in [0, 0.1) is 41.7 Å². The molecule has 0 unspecified atom stereocenters. The molecule has 0 heterocycles. The van der Waals surface area contributed by atoms with Crippen LogP contribution in [0.25, 0.3) is 0 Å². The van der Waals surface area contributed by atoms with Crippen LogP contribution in [-0.2, 0) is 16.4 Å². The topological polar surface area (TPSA) is 114 Å². The van der Waals surface area contributed by atoms with E-state index in [1.165, 1.54) is 25.3 Å². The Labute approximate surface area is 239 Å². The first-order chi connectivity index (χ1) is 15.8. The van der Waals surface area contributed by atoms with Crippen molar-refractivity contribution in [1.82, 2.24) is 15.4 Å². The van der Waals surface area contributed by atoms with Gasteiger partial charge in [0.15, 0.2) is 0 Å². The van der Waals surface area contributed by atoms with Crippen LogP contribution in [0.15, 0.2) is 47.4 Å². The third kappa shape index (κ3) is 8.37. The number of sulfonamides is 1. The van der Waals surface area contributed by atoms with E-state index in [0.29, 0.717) is 29.3 Å². The number of nitrogens with one attached hydrogen (secondary N) is 3. The fourth-order valence-electron chi connectivity index (χ4n) is 3.75. The number of benzene rings is 2. The molecule has 0 saturated heterocycles. The number of ether oxygens (including phenoxy) is 1. The van der Waals surface area contributed by atoms with Crippen molar-refractivity contribution < 1.29 is 64.5 Å².